The fourth-order valence-electron chi connectivity index (χ4n) is 3.25. The molecule has 1 fully saturated rings. The van der Waals surface area contributed by atoms with Crippen LogP contribution in [0.25, 0.3) is 0 Å². The van der Waals surface area contributed by atoms with E-state index in [4.69, 9.17) is 11.6 Å². The highest BCUT2D eigenvalue weighted by Gasteiger charge is 2.44. The van der Waals surface area contributed by atoms with Gasteiger partial charge in [0.05, 0.1) is 10.8 Å². The van der Waals surface area contributed by atoms with Gasteiger partial charge in [-0.3, -0.25) is 4.79 Å². The molecule has 0 heterocycles. The largest absolute Gasteiger partial charge is 0.391 e. The SMILES string of the molecule is CC(C)(C(=O)NCC1CCCC(C(F)(F)F)C1)S(=O)(=O)c1ccc(Cl)cc1. The molecule has 1 aromatic rings. The first-order valence-electron chi connectivity index (χ1n) is 8.71. The van der Waals surface area contributed by atoms with Crippen molar-refractivity contribution < 1.29 is 26.4 Å². The van der Waals surface area contributed by atoms with Crippen LogP contribution in [0.2, 0.25) is 5.02 Å². The molecule has 2 unspecified atom stereocenters. The first-order valence-corrected chi connectivity index (χ1v) is 10.6. The van der Waals surface area contributed by atoms with Crippen molar-refractivity contribution in [3.8, 4) is 0 Å². The van der Waals surface area contributed by atoms with Gasteiger partial charge in [-0.2, -0.15) is 13.2 Å². The van der Waals surface area contributed by atoms with Crippen molar-refractivity contribution in [2.24, 2.45) is 11.8 Å². The quantitative estimate of drug-likeness (QED) is 0.761. The molecule has 1 aliphatic carbocycles. The third-order valence-corrected chi connectivity index (χ3v) is 7.81. The topological polar surface area (TPSA) is 63.2 Å². The van der Waals surface area contributed by atoms with E-state index in [0.29, 0.717) is 17.9 Å². The van der Waals surface area contributed by atoms with E-state index in [-0.39, 0.29) is 30.2 Å². The summed E-state index contributed by atoms with van der Waals surface area (Å²) in [7, 11) is -3.99. The lowest BCUT2D eigenvalue weighted by atomic mass is 9.81. The number of nitrogens with one attached hydrogen (secondary N) is 1. The van der Waals surface area contributed by atoms with Crippen molar-refractivity contribution in [2.45, 2.75) is 55.3 Å². The van der Waals surface area contributed by atoms with E-state index < -0.39 is 32.6 Å². The summed E-state index contributed by atoms with van der Waals surface area (Å²) in [4.78, 5) is 12.5. The molecule has 0 spiro atoms. The van der Waals surface area contributed by atoms with Gasteiger partial charge in [-0.25, -0.2) is 8.42 Å². The van der Waals surface area contributed by atoms with Gasteiger partial charge >= 0.3 is 6.18 Å². The van der Waals surface area contributed by atoms with Crippen molar-refractivity contribution in [3.05, 3.63) is 29.3 Å². The van der Waals surface area contributed by atoms with E-state index in [1.54, 1.807) is 0 Å². The number of halogens is 4. The number of hydrogen-bond acceptors (Lipinski definition) is 3. The Morgan fingerprint density at radius 2 is 1.78 bits per heavy atom. The second-order valence-electron chi connectivity index (χ2n) is 7.45. The highest BCUT2D eigenvalue weighted by molar-refractivity contribution is 7.93. The Morgan fingerprint density at radius 1 is 1.19 bits per heavy atom. The number of hydrogen-bond donors (Lipinski definition) is 1. The summed E-state index contributed by atoms with van der Waals surface area (Å²) in [6, 6.07) is 5.48. The molecular formula is C18H23ClF3NO3S. The monoisotopic (exact) mass is 425 g/mol. The van der Waals surface area contributed by atoms with Gasteiger partial charge in [0, 0.05) is 11.6 Å². The van der Waals surface area contributed by atoms with Gasteiger partial charge in [-0.1, -0.05) is 18.0 Å². The maximum atomic E-state index is 12.9. The maximum Gasteiger partial charge on any atom is 0.391 e. The van der Waals surface area contributed by atoms with E-state index in [1.807, 2.05) is 0 Å². The van der Waals surface area contributed by atoms with E-state index in [0.717, 1.165) is 0 Å². The maximum absolute atomic E-state index is 12.9. The summed E-state index contributed by atoms with van der Waals surface area (Å²) < 4.78 is 62.5. The van der Waals surface area contributed by atoms with Crippen LogP contribution in [0.1, 0.15) is 39.5 Å². The number of benzene rings is 1. The van der Waals surface area contributed by atoms with Gasteiger partial charge in [0.1, 0.15) is 4.75 Å². The molecule has 0 saturated heterocycles. The second kappa shape index (κ2) is 7.99. The number of carbonyl (C=O) groups excluding carboxylic acids is 1. The summed E-state index contributed by atoms with van der Waals surface area (Å²) in [5, 5.41) is 2.91. The van der Waals surface area contributed by atoms with Gasteiger partial charge in [0.2, 0.25) is 5.91 Å². The molecule has 1 aliphatic rings. The predicted molar refractivity (Wildman–Crippen MR) is 97.2 cm³/mol. The summed E-state index contributed by atoms with van der Waals surface area (Å²) in [6.45, 7) is 2.60. The van der Waals surface area contributed by atoms with Crippen molar-refractivity contribution >= 4 is 27.3 Å². The number of carbonyl (C=O) groups is 1. The number of rotatable bonds is 5. The van der Waals surface area contributed by atoms with Crippen molar-refractivity contribution in [1.29, 1.82) is 0 Å². The zero-order chi connectivity index (χ0) is 20.5. The molecule has 1 amide bonds. The van der Waals surface area contributed by atoms with Crippen LogP contribution in [-0.4, -0.2) is 31.8 Å². The zero-order valence-electron chi connectivity index (χ0n) is 15.1. The Morgan fingerprint density at radius 3 is 2.33 bits per heavy atom. The van der Waals surface area contributed by atoms with Crippen LogP contribution in [0, 0.1) is 11.8 Å². The van der Waals surface area contributed by atoms with Crippen molar-refractivity contribution in [3.63, 3.8) is 0 Å². The molecule has 2 rings (SSSR count). The lowest BCUT2D eigenvalue weighted by Gasteiger charge is -2.31. The Hall–Kier alpha value is -1.28. The molecular weight excluding hydrogens is 403 g/mol. The zero-order valence-corrected chi connectivity index (χ0v) is 16.7. The smallest absolute Gasteiger partial charge is 0.354 e. The van der Waals surface area contributed by atoms with Crippen LogP contribution in [0.15, 0.2) is 29.2 Å². The summed E-state index contributed by atoms with van der Waals surface area (Å²) in [5.41, 5.74) is 0. The number of amides is 1. The van der Waals surface area contributed by atoms with Gasteiger partial charge in [-0.15, -0.1) is 0 Å². The van der Waals surface area contributed by atoms with Crippen LogP contribution >= 0.6 is 11.6 Å². The Balaban J connectivity index is 2.04. The molecule has 0 bridgehead atoms. The van der Waals surface area contributed by atoms with Crippen molar-refractivity contribution in [2.75, 3.05) is 6.54 Å². The molecule has 0 aromatic heterocycles. The normalized spacial score (nSPS) is 21.7. The number of alkyl halides is 3. The fraction of sp³-hybridized carbons (Fsp3) is 0.611. The van der Waals surface area contributed by atoms with E-state index in [9.17, 15) is 26.4 Å². The second-order valence-corrected chi connectivity index (χ2v) is 10.4. The molecule has 1 saturated carbocycles. The first kappa shape index (κ1) is 22.0. The number of sulfone groups is 1. The predicted octanol–water partition coefficient (Wildman–Crippen LogP) is 4.38. The molecule has 1 N–H and O–H groups in total. The van der Waals surface area contributed by atoms with Gasteiger partial charge in [0.25, 0.3) is 0 Å². The molecule has 0 radical (unpaired) electrons. The standard InChI is InChI=1S/C18H23ClF3NO3S/c1-17(2,27(25,26)15-8-6-14(19)7-9-15)16(24)23-11-12-4-3-5-13(10-12)18(20,21)22/h6-9,12-13H,3-5,10-11H2,1-2H3,(H,23,24). The third kappa shape index (κ3) is 4.96. The van der Waals surface area contributed by atoms with Crippen molar-refractivity contribution in [1.82, 2.24) is 5.32 Å². The first-order chi connectivity index (χ1) is 12.4. The molecule has 4 nitrogen and oxygen atoms in total. The van der Waals surface area contributed by atoms with E-state index >= 15 is 0 Å². The Labute approximate surface area is 162 Å². The molecule has 0 aliphatic heterocycles. The van der Waals surface area contributed by atoms with E-state index in [1.165, 1.54) is 38.1 Å². The van der Waals surface area contributed by atoms with Crippen LogP contribution in [0.4, 0.5) is 13.2 Å². The van der Waals surface area contributed by atoms with E-state index in [2.05, 4.69) is 5.32 Å². The highest BCUT2D eigenvalue weighted by Crippen LogP contribution is 2.39. The fourth-order valence-corrected chi connectivity index (χ4v) is 4.78. The lowest BCUT2D eigenvalue weighted by molar-refractivity contribution is -0.185. The van der Waals surface area contributed by atoms with Crippen LogP contribution in [0.5, 0.6) is 0 Å². The minimum atomic E-state index is -4.24. The molecule has 1 aromatic carbocycles. The summed E-state index contributed by atoms with van der Waals surface area (Å²) >= 11 is 5.76. The molecule has 27 heavy (non-hydrogen) atoms. The average molecular weight is 426 g/mol. The van der Waals surface area contributed by atoms with Crippen LogP contribution in [-0.2, 0) is 14.6 Å². The molecule has 2 atom stereocenters. The molecule has 152 valence electrons. The summed E-state index contributed by atoms with van der Waals surface area (Å²) in [6.07, 6.45) is -3.16. The minimum Gasteiger partial charge on any atom is -0.354 e. The Bertz CT molecular complexity index is 776. The van der Waals surface area contributed by atoms with Crippen LogP contribution in [0.3, 0.4) is 0 Å². The average Bonchev–Trinajstić information content (AvgIpc) is 2.59. The van der Waals surface area contributed by atoms with Gasteiger partial charge in [0.15, 0.2) is 9.84 Å². The lowest BCUT2D eigenvalue weighted by Crippen LogP contribution is -2.49. The summed E-state index contributed by atoms with van der Waals surface area (Å²) in [5.74, 6) is -2.41. The third-order valence-electron chi connectivity index (χ3n) is 5.14. The van der Waals surface area contributed by atoms with Gasteiger partial charge < -0.3 is 5.32 Å². The molecule has 9 heteroatoms. The Kier molecular flexibility index (Phi) is 6.52. The minimum absolute atomic E-state index is 0.0327. The highest BCUT2D eigenvalue weighted by atomic mass is 35.5. The van der Waals surface area contributed by atoms with Gasteiger partial charge in [-0.05, 0) is 63.3 Å². The van der Waals surface area contributed by atoms with Crippen LogP contribution < -0.4 is 5.32 Å².